The van der Waals surface area contributed by atoms with E-state index in [1.54, 1.807) is 13.0 Å². The molecule has 0 aliphatic heterocycles. The first kappa shape index (κ1) is 10.7. The monoisotopic (exact) mass is 196 g/mol. The van der Waals surface area contributed by atoms with Crippen LogP contribution in [0.1, 0.15) is 13.3 Å². The van der Waals surface area contributed by atoms with E-state index in [1.807, 2.05) is 12.1 Å². The molecule has 0 radical (unpaired) electrons. The third kappa shape index (κ3) is 3.59. The van der Waals surface area contributed by atoms with Crippen LogP contribution in [-0.4, -0.2) is 22.7 Å². The molecule has 14 heavy (non-hydrogen) atoms. The number of hydrogen-bond donors (Lipinski definition) is 4. The third-order valence-electron chi connectivity index (χ3n) is 1.77. The zero-order valence-electron chi connectivity index (χ0n) is 8.20. The highest BCUT2D eigenvalue weighted by molar-refractivity contribution is 5.44. The molecule has 78 valence electrons. The molecule has 1 rings (SSSR count). The van der Waals surface area contributed by atoms with E-state index in [1.165, 1.54) is 0 Å². The molecule has 0 spiro atoms. The summed E-state index contributed by atoms with van der Waals surface area (Å²) in [6.45, 7) is 2.45. The van der Waals surface area contributed by atoms with Gasteiger partial charge in [0.1, 0.15) is 11.6 Å². The maximum Gasteiger partial charge on any atom is 0.142 e. The van der Waals surface area contributed by atoms with Gasteiger partial charge in [0.05, 0.1) is 6.10 Å². The van der Waals surface area contributed by atoms with Crippen molar-refractivity contribution in [2.45, 2.75) is 19.4 Å². The quantitative estimate of drug-likeness (QED) is 0.408. The Bertz CT molecular complexity index is 277. The van der Waals surface area contributed by atoms with E-state index in [0.717, 1.165) is 5.82 Å². The van der Waals surface area contributed by atoms with Gasteiger partial charge in [0.15, 0.2) is 0 Å². The van der Waals surface area contributed by atoms with Crippen molar-refractivity contribution in [1.29, 1.82) is 0 Å². The number of rotatable bonds is 5. The second-order valence-corrected chi connectivity index (χ2v) is 3.12. The summed E-state index contributed by atoms with van der Waals surface area (Å²) in [6, 6.07) is 5.48. The Labute approximate surface area is 83.3 Å². The first-order chi connectivity index (χ1) is 6.72. The number of nitrogen functional groups attached to an aromatic ring is 1. The summed E-state index contributed by atoms with van der Waals surface area (Å²) >= 11 is 0. The molecule has 1 atom stereocenters. The number of nitrogens with zero attached hydrogens (tertiary/aromatic N) is 1. The fourth-order valence-electron chi connectivity index (χ4n) is 1.02. The number of aliphatic hydroxyl groups excluding tert-OH is 1. The van der Waals surface area contributed by atoms with Gasteiger partial charge in [-0.1, -0.05) is 6.07 Å². The first-order valence-corrected chi connectivity index (χ1v) is 4.58. The molecule has 0 saturated heterocycles. The van der Waals surface area contributed by atoms with Gasteiger partial charge in [-0.25, -0.2) is 10.8 Å². The largest absolute Gasteiger partial charge is 0.393 e. The molecule has 0 aromatic carbocycles. The van der Waals surface area contributed by atoms with Gasteiger partial charge < -0.3 is 15.8 Å². The van der Waals surface area contributed by atoms with E-state index in [-0.39, 0.29) is 6.10 Å². The lowest BCUT2D eigenvalue weighted by atomic mass is 10.3. The van der Waals surface area contributed by atoms with Gasteiger partial charge in [0.25, 0.3) is 0 Å². The lowest BCUT2D eigenvalue weighted by Crippen LogP contribution is -2.12. The summed E-state index contributed by atoms with van der Waals surface area (Å²) in [5, 5.41) is 12.1. The molecule has 0 saturated carbocycles. The average molecular weight is 196 g/mol. The molecule has 0 aliphatic rings. The van der Waals surface area contributed by atoms with Gasteiger partial charge in [-0.2, -0.15) is 0 Å². The maximum absolute atomic E-state index is 9.04. The number of hydrogen-bond acceptors (Lipinski definition) is 5. The van der Waals surface area contributed by atoms with Crippen molar-refractivity contribution >= 4 is 11.6 Å². The lowest BCUT2D eigenvalue weighted by Gasteiger charge is -2.08. The molecule has 1 aromatic rings. The van der Waals surface area contributed by atoms with Crippen molar-refractivity contribution in [3.05, 3.63) is 18.2 Å². The van der Waals surface area contributed by atoms with Crippen LogP contribution in [0.3, 0.4) is 0 Å². The second kappa shape index (κ2) is 5.41. The van der Waals surface area contributed by atoms with Gasteiger partial charge in [-0.05, 0) is 25.5 Å². The molecule has 1 heterocycles. The summed E-state index contributed by atoms with van der Waals surface area (Å²) < 4.78 is 0. The molecule has 1 aromatic heterocycles. The van der Waals surface area contributed by atoms with Crippen LogP contribution in [0.15, 0.2) is 18.2 Å². The maximum atomic E-state index is 9.04. The van der Waals surface area contributed by atoms with E-state index in [9.17, 15) is 0 Å². The zero-order chi connectivity index (χ0) is 10.4. The third-order valence-corrected chi connectivity index (χ3v) is 1.77. The van der Waals surface area contributed by atoms with Crippen molar-refractivity contribution in [1.82, 2.24) is 4.98 Å². The molecule has 5 nitrogen and oxygen atoms in total. The Hall–Kier alpha value is -1.33. The summed E-state index contributed by atoms with van der Waals surface area (Å²) in [4.78, 5) is 4.16. The van der Waals surface area contributed by atoms with Crippen molar-refractivity contribution in [2.75, 3.05) is 17.3 Å². The van der Waals surface area contributed by atoms with Crippen LogP contribution in [0, 0.1) is 0 Å². The summed E-state index contributed by atoms with van der Waals surface area (Å²) in [7, 11) is 0. The second-order valence-electron chi connectivity index (χ2n) is 3.12. The summed E-state index contributed by atoms with van der Waals surface area (Å²) in [5.41, 5.74) is 2.47. The zero-order valence-corrected chi connectivity index (χ0v) is 8.20. The van der Waals surface area contributed by atoms with Crippen LogP contribution in [-0.2, 0) is 0 Å². The minimum absolute atomic E-state index is 0.293. The Balaban J connectivity index is 2.42. The Morgan fingerprint density at radius 3 is 2.86 bits per heavy atom. The van der Waals surface area contributed by atoms with E-state index in [2.05, 4.69) is 15.7 Å². The molecule has 0 bridgehead atoms. The van der Waals surface area contributed by atoms with Gasteiger partial charge in [0, 0.05) is 6.54 Å². The van der Waals surface area contributed by atoms with Crippen molar-refractivity contribution < 1.29 is 5.11 Å². The van der Waals surface area contributed by atoms with E-state index < -0.39 is 0 Å². The number of hydrazine groups is 1. The number of anilines is 2. The van der Waals surface area contributed by atoms with Crippen LogP contribution in [0.5, 0.6) is 0 Å². The highest BCUT2D eigenvalue weighted by Crippen LogP contribution is 2.07. The van der Waals surface area contributed by atoms with E-state index in [4.69, 9.17) is 10.9 Å². The molecule has 0 aliphatic carbocycles. The predicted octanol–water partition coefficient (Wildman–Crippen LogP) is 0.550. The standard InChI is InChI=1S/C9H16N4O/c1-7(14)5-6-11-8-3-2-4-9(12-8)13-10/h2-4,7,14H,5-6,10H2,1H3,(H2,11,12,13). The van der Waals surface area contributed by atoms with E-state index >= 15 is 0 Å². The lowest BCUT2D eigenvalue weighted by molar-refractivity contribution is 0.188. The Kier molecular flexibility index (Phi) is 4.15. The molecular formula is C9H16N4O. The summed E-state index contributed by atoms with van der Waals surface area (Å²) in [5.74, 6) is 6.58. The minimum atomic E-state index is -0.293. The highest BCUT2D eigenvalue weighted by Gasteiger charge is 1.97. The number of aliphatic hydroxyl groups is 1. The number of nitrogens with two attached hydrogens (primary N) is 1. The Morgan fingerprint density at radius 2 is 2.21 bits per heavy atom. The van der Waals surface area contributed by atoms with Gasteiger partial charge in [0.2, 0.25) is 0 Å². The molecule has 0 amide bonds. The predicted molar refractivity (Wildman–Crippen MR) is 56.8 cm³/mol. The average Bonchev–Trinajstić information content (AvgIpc) is 2.18. The normalized spacial score (nSPS) is 12.2. The molecular weight excluding hydrogens is 180 g/mol. The highest BCUT2D eigenvalue weighted by atomic mass is 16.3. The number of nitrogens with one attached hydrogen (secondary N) is 2. The molecule has 1 unspecified atom stereocenters. The first-order valence-electron chi connectivity index (χ1n) is 4.58. The van der Waals surface area contributed by atoms with Gasteiger partial charge >= 0.3 is 0 Å². The van der Waals surface area contributed by atoms with Gasteiger partial charge in [-0.3, -0.25) is 0 Å². The number of aromatic nitrogens is 1. The number of pyridine rings is 1. The van der Waals surface area contributed by atoms with Crippen LogP contribution in [0.25, 0.3) is 0 Å². The van der Waals surface area contributed by atoms with Crippen LogP contribution >= 0.6 is 0 Å². The van der Waals surface area contributed by atoms with Crippen molar-refractivity contribution in [3.8, 4) is 0 Å². The fraction of sp³-hybridized carbons (Fsp3) is 0.444. The van der Waals surface area contributed by atoms with Crippen LogP contribution in [0.4, 0.5) is 11.6 Å². The van der Waals surface area contributed by atoms with E-state index in [0.29, 0.717) is 18.8 Å². The van der Waals surface area contributed by atoms with Crippen LogP contribution < -0.4 is 16.6 Å². The van der Waals surface area contributed by atoms with Crippen molar-refractivity contribution in [2.24, 2.45) is 5.84 Å². The van der Waals surface area contributed by atoms with Gasteiger partial charge in [-0.15, -0.1) is 0 Å². The van der Waals surface area contributed by atoms with Crippen LogP contribution in [0.2, 0.25) is 0 Å². The molecule has 0 fully saturated rings. The SMILES string of the molecule is CC(O)CCNc1cccc(NN)n1. The minimum Gasteiger partial charge on any atom is -0.393 e. The summed E-state index contributed by atoms with van der Waals surface area (Å²) in [6.07, 6.45) is 0.403. The topological polar surface area (TPSA) is 83.2 Å². The smallest absolute Gasteiger partial charge is 0.142 e. The Morgan fingerprint density at radius 1 is 1.50 bits per heavy atom. The van der Waals surface area contributed by atoms with Crippen molar-refractivity contribution in [3.63, 3.8) is 0 Å². The fourth-order valence-corrected chi connectivity index (χ4v) is 1.02. The molecule has 5 N–H and O–H groups in total. The molecule has 5 heteroatoms.